The third-order valence-corrected chi connectivity index (χ3v) is 6.49. The molecule has 0 spiro atoms. The Bertz CT molecular complexity index is 697. The van der Waals surface area contributed by atoms with Gasteiger partial charge in [0, 0.05) is 44.6 Å². The van der Waals surface area contributed by atoms with Crippen molar-refractivity contribution in [2.75, 3.05) is 18.0 Å². The minimum atomic E-state index is 0.00549. The van der Waals surface area contributed by atoms with Crippen LogP contribution in [-0.2, 0) is 7.05 Å². The van der Waals surface area contributed by atoms with Crippen LogP contribution in [0.3, 0.4) is 0 Å². The lowest BCUT2D eigenvalue weighted by Gasteiger charge is -2.43. The lowest BCUT2D eigenvalue weighted by Crippen LogP contribution is -2.53. The van der Waals surface area contributed by atoms with Gasteiger partial charge in [-0.3, -0.25) is 4.79 Å². The Balaban J connectivity index is 1.41. The molecule has 1 aromatic rings. The van der Waals surface area contributed by atoms with Gasteiger partial charge >= 0.3 is 0 Å². The van der Waals surface area contributed by atoms with Gasteiger partial charge in [0.2, 0.25) is 0 Å². The van der Waals surface area contributed by atoms with E-state index in [9.17, 15) is 4.79 Å². The van der Waals surface area contributed by atoms with E-state index in [-0.39, 0.29) is 5.56 Å². The first-order valence-electron chi connectivity index (χ1n) is 9.83. The van der Waals surface area contributed by atoms with Gasteiger partial charge in [0.05, 0.1) is 0 Å². The number of aromatic nitrogens is 2. The summed E-state index contributed by atoms with van der Waals surface area (Å²) in [5, 5.41) is 3.90. The third-order valence-electron chi connectivity index (χ3n) is 6.49. The second kappa shape index (κ2) is 6.94. The van der Waals surface area contributed by atoms with Crippen molar-refractivity contribution in [1.29, 1.82) is 0 Å². The smallest absolute Gasteiger partial charge is 0.293 e. The molecular formula is C20H30N4O. The fourth-order valence-corrected chi connectivity index (χ4v) is 5.05. The van der Waals surface area contributed by atoms with Gasteiger partial charge in [-0.05, 0) is 56.8 Å². The van der Waals surface area contributed by atoms with Gasteiger partial charge in [-0.1, -0.05) is 12.2 Å². The Morgan fingerprint density at radius 3 is 2.88 bits per heavy atom. The van der Waals surface area contributed by atoms with Crippen LogP contribution in [0.1, 0.15) is 39.0 Å². The van der Waals surface area contributed by atoms with Crippen molar-refractivity contribution in [2.24, 2.45) is 24.8 Å². The average Bonchev–Trinajstić information content (AvgIpc) is 2.65. The van der Waals surface area contributed by atoms with E-state index in [2.05, 4.69) is 34.3 Å². The molecule has 1 aromatic heterocycles. The number of anilines is 1. The highest BCUT2D eigenvalue weighted by Crippen LogP contribution is 2.42. The van der Waals surface area contributed by atoms with Crippen LogP contribution in [0.2, 0.25) is 0 Å². The van der Waals surface area contributed by atoms with Gasteiger partial charge < -0.3 is 14.8 Å². The van der Waals surface area contributed by atoms with Crippen molar-refractivity contribution in [2.45, 2.75) is 51.1 Å². The number of hydrogen-bond donors (Lipinski definition) is 1. The van der Waals surface area contributed by atoms with Gasteiger partial charge in [-0.2, -0.15) is 0 Å². The Hall–Kier alpha value is -1.62. The molecule has 5 unspecified atom stereocenters. The molecule has 5 rings (SSSR count). The van der Waals surface area contributed by atoms with E-state index in [4.69, 9.17) is 0 Å². The zero-order valence-corrected chi connectivity index (χ0v) is 15.4. The van der Waals surface area contributed by atoms with Gasteiger partial charge in [-0.15, -0.1) is 0 Å². The van der Waals surface area contributed by atoms with E-state index in [0.717, 1.165) is 37.3 Å². The summed E-state index contributed by atoms with van der Waals surface area (Å²) < 4.78 is 1.62. The largest absolute Gasteiger partial charge is 0.350 e. The highest BCUT2D eigenvalue weighted by molar-refractivity contribution is 5.36. The van der Waals surface area contributed by atoms with Crippen molar-refractivity contribution in [3.05, 3.63) is 34.9 Å². The molecule has 5 atom stereocenters. The fraction of sp³-hybridized carbons (Fsp3) is 0.700. The highest BCUT2D eigenvalue weighted by Gasteiger charge is 2.36. The molecule has 2 bridgehead atoms. The summed E-state index contributed by atoms with van der Waals surface area (Å²) in [5.74, 6) is 2.93. The Morgan fingerprint density at radius 2 is 2.16 bits per heavy atom. The van der Waals surface area contributed by atoms with Gasteiger partial charge in [0.25, 0.3) is 5.56 Å². The summed E-state index contributed by atoms with van der Waals surface area (Å²) in [6.07, 6.45) is 14.7. The number of fused-ring (bicyclic) bond motifs is 2. The maximum Gasteiger partial charge on any atom is 0.293 e. The molecule has 2 fully saturated rings. The number of nitrogens with zero attached hydrogens (tertiary/aromatic N) is 3. The van der Waals surface area contributed by atoms with Crippen LogP contribution >= 0.6 is 0 Å². The zero-order chi connectivity index (χ0) is 17.4. The number of aryl methyl sites for hydroxylation is 1. The standard InChI is InChI=1S/C20H30N4O/c1-14(18-12-15-5-7-16(18)8-6-15)22-17-4-3-10-24(13-17)19-20(25)23(2)11-9-21-19/h5,7,9,11,14-18,22H,3-4,6,8,10,12-13H2,1-2H3. The molecule has 0 amide bonds. The minimum Gasteiger partial charge on any atom is -0.350 e. The molecular weight excluding hydrogens is 312 g/mol. The van der Waals surface area contributed by atoms with E-state index in [0.29, 0.717) is 17.9 Å². The molecule has 5 nitrogen and oxygen atoms in total. The molecule has 1 aliphatic heterocycles. The van der Waals surface area contributed by atoms with Gasteiger partial charge in [0.1, 0.15) is 0 Å². The summed E-state index contributed by atoms with van der Waals surface area (Å²) in [6, 6.07) is 0.981. The fourth-order valence-electron chi connectivity index (χ4n) is 5.05. The molecule has 1 saturated carbocycles. The Kier molecular flexibility index (Phi) is 4.67. The van der Waals surface area contributed by atoms with Crippen molar-refractivity contribution in [3.63, 3.8) is 0 Å². The lowest BCUT2D eigenvalue weighted by molar-refractivity contribution is 0.166. The molecule has 0 aromatic carbocycles. The van der Waals surface area contributed by atoms with Crippen molar-refractivity contribution >= 4 is 5.82 Å². The molecule has 1 saturated heterocycles. The van der Waals surface area contributed by atoms with E-state index in [1.165, 1.54) is 25.7 Å². The summed E-state index contributed by atoms with van der Waals surface area (Å²) in [6.45, 7) is 4.17. The molecule has 0 radical (unpaired) electrons. The molecule has 3 aliphatic carbocycles. The third kappa shape index (κ3) is 3.39. The van der Waals surface area contributed by atoms with E-state index < -0.39 is 0 Å². The van der Waals surface area contributed by atoms with Crippen LogP contribution < -0.4 is 15.8 Å². The van der Waals surface area contributed by atoms with Crippen LogP contribution in [0.4, 0.5) is 5.82 Å². The first-order valence-corrected chi connectivity index (χ1v) is 9.83. The predicted molar refractivity (Wildman–Crippen MR) is 101 cm³/mol. The lowest BCUT2D eigenvalue weighted by atomic mass is 9.67. The molecule has 1 N–H and O–H groups in total. The molecule has 25 heavy (non-hydrogen) atoms. The zero-order valence-electron chi connectivity index (χ0n) is 15.4. The average molecular weight is 342 g/mol. The highest BCUT2D eigenvalue weighted by atomic mass is 16.1. The molecule has 136 valence electrons. The first kappa shape index (κ1) is 16.8. The van der Waals surface area contributed by atoms with E-state index in [1.807, 2.05) is 0 Å². The number of hydrogen-bond acceptors (Lipinski definition) is 4. The predicted octanol–water partition coefficient (Wildman–Crippen LogP) is 2.33. The van der Waals surface area contributed by atoms with Crippen LogP contribution in [0.5, 0.6) is 0 Å². The number of nitrogens with one attached hydrogen (secondary N) is 1. The quantitative estimate of drug-likeness (QED) is 0.853. The second-order valence-corrected chi connectivity index (χ2v) is 8.19. The number of rotatable bonds is 4. The van der Waals surface area contributed by atoms with Crippen LogP contribution in [0, 0.1) is 17.8 Å². The Morgan fingerprint density at radius 1 is 1.28 bits per heavy atom. The monoisotopic (exact) mass is 342 g/mol. The topological polar surface area (TPSA) is 50.2 Å². The minimum absolute atomic E-state index is 0.00549. The van der Waals surface area contributed by atoms with Crippen LogP contribution in [-0.4, -0.2) is 34.7 Å². The Labute approximate surface area is 150 Å². The maximum absolute atomic E-state index is 12.4. The molecule has 2 heterocycles. The molecule has 5 heteroatoms. The van der Waals surface area contributed by atoms with Gasteiger partial charge in [-0.25, -0.2) is 4.98 Å². The summed E-state index contributed by atoms with van der Waals surface area (Å²) in [4.78, 5) is 18.9. The van der Waals surface area contributed by atoms with Crippen molar-refractivity contribution in [3.8, 4) is 0 Å². The van der Waals surface area contributed by atoms with Gasteiger partial charge in [0.15, 0.2) is 5.82 Å². The number of piperidine rings is 1. The maximum atomic E-state index is 12.4. The van der Waals surface area contributed by atoms with Crippen molar-refractivity contribution in [1.82, 2.24) is 14.9 Å². The van der Waals surface area contributed by atoms with E-state index >= 15 is 0 Å². The summed E-state index contributed by atoms with van der Waals surface area (Å²) >= 11 is 0. The SMILES string of the molecule is CC(NC1CCCN(c2nccn(C)c2=O)C1)C1CC2C=CC1CC2. The normalized spacial score (nSPS) is 32.8. The van der Waals surface area contributed by atoms with Crippen molar-refractivity contribution < 1.29 is 0 Å². The second-order valence-electron chi connectivity index (χ2n) is 8.19. The molecule has 4 aliphatic rings. The van der Waals surface area contributed by atoms with Crippen LogP contribution in [0.25, 0.3) is 0 Å². The summed E-state index contributed by atoms with van der Waals surface area (Å²) in [7, 11) is 1.79. The first-order chi connectivity index (χ1) is 12.1. The van der Waals surface area contributed by atoms with E-state index in [1.54, 1.807) is 24.0 Å². The van der Waals surface area contributed by atoms with Crippen LogP contribution in [0.15, 0.2) is 29.3 Å². The summed E-state index contributed by atoms with van der Waals surface area (Å²) in [5.41, 5.74) is 0.00549. The number of allylic oxidation sites excluding steroid dienone is 2.